The van der Waals surface area contributed by atoms with Crippen LogP contribution in [0.5, 0.6) is 5.75 Å². The van der Waals surface area contributed by atoms with Crippen LogP contribution in [0.3, 0.4) is 0 Å². The van der Waals surface area contributed by atoms with Crippen LogP contribution in [0, 0.1) is 0 Å². The molecule has 110 valence electrons. The van der Waals surface area contributed by atoms with E-state index in [1.54, 1.807) is 12.1 Å². The van der Waals surface area contributed by atoms with Crippen molar-refractivity contribution in [1.82, 2.24) is 5.32 Å². The molecule has 2 fully saturated rings. The highest BCUT2D eigenvalue weighted by Crippen LogP contribution is 2.43. The second-order valence-electron chi connectivity index (χ2n) is 5.60. The lowest BCUT2D eigenvalue weighted by atomic mass is 9.96. The van der Waals surface area contributed by atoms with Crippen LogP contribution in [0.25, 0.3) is 0 Å². The number of anilines is 1. The molecule has 0 amide bonds. The van der Waals surface area contributed by atoms with E-state index in [-0.39, 0.29) is 0 Å². The molecule has 0 spiro atoms. The van der Waals surface area contributed by atoms with Gasteiger partial charge in [0.15, 0.2) is 0 Å². The first-order valence-corrected chi connectivity index (χ1v) is 7.18. The summed E-state index contributed by atoms with van der Waals surface area (Å²) < 4.78 is 29.8. The average molecular weight is 282 g/mol. The van der Waals surface area contributed by atoms with Crippen molar-refractivity contribution in [2.45, 2.75) is 50.4 Å². The van der Waals surface area contributed by atoms with E-state index in [1.807, 2.05) is 19.2 Å². The summed E-state index contributed by atoms with van der Waals surface area (Å²) in [6.45, 7) is -2.77. The largest absolute Gasteiger partial charge is 0.433 e. The van der Waals surface area contributed by atoms with Crippen LogP contribution in [0.2, 0.25) is 0 Å². The Morgan fingerprint density at radius 3 is 2.45 bits per heavy atom. The van der Waals surface area contributed by atoms with Gasteiger partial charge < -0.3 is 15.0 Å². The molecule has 1 N–H and O–H groups in total. The molecule has 0 saturated carbocycles. The van der Waals surface area contributed by atoms with Crippen molar-refractivity contribution in [2.24, 2.45) is 0 Å². The second kappa shape index (κ2) is 5.56. The monoisotopic (exact) mass is 282 g/mol. The van der Waals surface area contributed by atoms with Crippen molar-refractivity contribution in [3.05, 3.63) is 24.3 Å². The van der Waals surface area contributed by atoms with E-state index in [4.69, 9.17) is 0 Å². The van der Waals surface area contributed by atoms with Gasteiger partial charge in [-0.3, -0.25) is 0 Å². The minimum atomic E-state index is -2.77. The maximum absolute atomic E-state index is 12.5. The van der Waals surface area contributed by atoms with E-state index >= 15 is 0 Å². The molecular formula is C15H20F2N2O. The van der Waals surface area contributed by atoms with Crippen molar-refractivity contribution in [3.63, 3.8) is 0 Å². The molecule has 5 heteroatoms. The molecule has 2 aliphatic rings. The summed E-state index contributed by atoms with van der Waals surface area (Å²) >= 11 is 0. The van der Waals surface area contributed by atoms with Gasteiger partial charge in [-0.15, -0.1) is 0 Å². The number of alkyl halides is 2. The quantitative estimate of drug-likeness (QED) is 0.918. The van der Waals surface area contributed by atoms with E-state index < -0.39 is 6.61 Å². The molecule has 2 aliphatic heterocycles. The SMILES string of the molecule is CNC1CC2CCC(C1)N2c1ccccc1OC(F)F. The van der Waals surface area contributed by atoms with Crippen LogP contribution in [-0.2, 0) is 0 Å². The van der Waals surface area contributed by atoms with Crippen molar-refractivity contribution >= 4 is 5.69 Å². The minimum absolute atomic E-state index is 0.294. The molecule has 0 aliphatic carbocycles. The number of benzene rings is 1. The fourth-order valence-electron chi connectivity index (χ4n) is 3.67. The summed E-state index contributed by atoms with van der Waals surface area (Å²) in [6.07, 6.45) is 4.39. The second-order valence-corrected chi connectivity index (χ2v) is 5.60. The molecule has 2 unspecified atom stereocenters. The van der Waals surface area contributed by atoms with E-state index in [0.29, 0.717) is 23.9 Å². The van der Waals surface area contributed by atoms with Gasteiger partial charge in [0.25, 0.3) is 0 Å². The predicted octanol–water partition coefficient (Wildman–Crippen LogP) is 3.01. The lowest BCUT2D eigenvalue weighted by Gasteiger charge is -2.41. The van der Waals surface area contributed by atoms with Crippen molar-refractivity contribution < 1.29 is 13.5 Å². The Hall–Kier alpha value is -1.36. The normalized spacial score (nSPS) is 29.0. The van der Waals surface area contributed by atoms with Crippen molar-refractivity contribution in [2.75, 3.05) is 11.9 Å². The maximum atomic E-state index is 12.5. The molecule has 0 radical (unpaired) electrons. The van der Waals surface area contributed by atoms with Crippen LogP contribution in [0.4, 0.5) is 14.5 Å². The molecule has 2 heterocycles. The first-order chi connectivity index (χ1) is 9.69. The fourth-order valence-corrected chi connectivity index (χ4v) is 3.67. The van der Waals surface area contributed by atoms with Gasteiger partial charge in [-0.25, -0.2) is 0 Å². The molecule has 2 bridgehead atoms. The standard InChI is InChI=1S/C15H20F2N2O/c1-18-10-8-11-6-7-12(9-10)19(11)13-4-2-3-5-14(13)20-15(16)17/h2-5,10-12,15,18H,6-9H2,1H3. The van der Waals surface area contributed by atoms with E-state index in [2.05, 4.69) is 15.0 Å². The van der Waals surface area contributed by atoms with Gasteiger partial charge in [0.1, 0.15) is 5.75 Å². The van der Waals surface area contributed by atoms with Gasteiger partial charge in [-0.05, 0) is 44.9 Å². The van der Waals surface area contributed by atoms with E-state index in [9.17, 15) is 8.78 Å². The zero-order chi connectivity index (χ0) is 14.1. The highest BCUT2D eigenvalue weighted by Gasteiger charge is 2.41. The zero-order valence-electron chi connectivity index (χ0n) is 11.6. The van der Waals surface area contributed by atoms with Gasteiger partial charge in [-0.1, -0.05) is 12.1 Å². The molecule has 3 rings (SSSR count). The van der Waals surface area contributed by atoms with Crippen LogP contribution >= 0.6 is 0 Å². The Labute approximate surface area is 117 Å². The molecule has 2 atom stereocenters. The molecule has 20 heavy (non-hydrogen) atoms. The summed E-state index contributed by atoms with van der Waals surface area (Å²) in [5.74, 6) is 0.294. The van der Waals surface area contributed by atoms with Gasteiger partial charge in [0, 0.05) is 18.1 Å². The number of nitrogens with zero attached hydrogens (tertiary/aromatic N) is 1. The third kappa shape index (κ3) is 2.46. The molecule has 0 aromatic heterocycles. The molecule has 3 nitrogen and oxygen atoms in total. The zero-order valence-corrected chi connectivity index (χ0v) is 11.6. The number of nitrogens with one attached hydrogen (secondary N) is 1. The number of fused-ring (bicyclic) bond motifs is 2. The number of piperidine rings is 1. The van der Waals surface area contributed by atoms with E-state index in [0.717, 1.165) is 31.4 Å². The molecule has 1 aromatic carbocycles. The summed E-state index contributed by atoms with van der Waals surface area (Å²) in [5, 5.41) is 3.35. The number of rotatable bonds is 4. The third-order valence-electron chi connectivity index (χ3n) is 4.50. The fraction of sp³-hybridized carbons (Fsp3) is 0.600. The van der Waals surface area contributed by atoms with Crippen LogP contribution in [0.1, 0.15) is 25.7 Å². The number of para-hydroxylation sites is 2. The Balaban J connectivity index is 1.87. The van der Waals surface area contributed by atoms with E-state index in [1.165, 1.54) is 0 Å². The predicted molar refractivity (Wildman–Crippen MR) is 74.4 cm³/mol. The summed E-state index contributed by atoms with van der Waals surface area (Å²) in [7, 11) is 1.99. The first-order valence-electron chi connectivity index (χ1n) is 7.18. The van der Waals surface area contributed by atoms with Crippen LogP contribution in [-0.4, -0.2) is 31.8 Å². The topological polar surface area (TPSA) is 24.5 Å². The van der Waals surface area contributed by atoms with Gasteiger partial charge in [0.2, 0.25) is 0 Å². The van der Waals surface area contributed by atoms with Crippen LogP contribution in [0.15, 0.2) is 24.3 Å². The van der Waals surface area contributed by atoms with Gasteiger partial charge in [-0.2, -0.15) is 8.78 Å². The molecule has 2 saturated heterocycles. The van der Waals surface area contributed by atoms with Gasteiger partial charge in [0.05, 0.1) is 5.69 Å². The first kappa shape index (κ1) is 13.6. The number of halogens is 2. The Morgan fingerprint density at radius 2 is 1.85 bits per heavy atom. The Bertz CT molecular complexity index is 455. The summed E-state index contributed by atoms with van der Waals surface area (Å²) in [4.78, 5) is 2.30. The number of ether oxygens (including phenoxy) is 1. The number of hydrogen-bond acceptors (Lipinski definition) is 3. The minimum Gasteiger partial charge on any atom is -0.433 e. The highest BCUT2D eigenvalue weighted by atomic mass is 19.3. The number of hydrogen-bond donors (Lipinski definition) is 1. The smallest absolute Gasteiger partial charge is 0.387 e. The lowest BCUT2D eigenvalue weighted by Crippen LogP contribution is -2.48. The summed E-state index contributed by atoms with van der Waals surface area (Å²) in [5.41, 5.74) is 0.815. The molecule has 1 aromatic rings. The lowest BCUT2D eigenvalue weighted by molar-refractivity contribution is -0.0496. The third-order valence-corrected chi connectivity index (χ3v) is 4.50. The van der Waals surface area contributed by atoms with Crippen molar-refractivity contribution in [3.8, 4) is 5.75 Å². The Morgan fingerprint density at radius 1 is 1.20 bits per heavy atom. The summed E-state index contributed by atoms with van der Waals surface area (Å²) in [6, 6.07) is 8.53. The highest BCUT2D eigenvalue weighted by molar-refractivity contribution is 5.61. The van der Waals surface area contributed by atoms with Crippen molar-refractivity contribution in [1.29, 1.82) is 0 Å². The van der Waals surface area contributed by atoms with Crippen LogP contribution < -0.4 is 15.0 Å². The average Bonchev–Trinajstić information content (AvgIpc) is 2.69. The van der Waals surface area contributed by atoms with Gasteiger partial charge >= 0.3 is 6.61 Å². The Kier molecular flexibility index (Phi) is 3.78. The molecular weight excluding hydrogens is 262 g/mol. The maximum Gasteiger partial charge on any atom is 0.387 e.